The molecule has 0 bridgehead atoms. The lowest BCUT2D eigenvalue weighted by Gasteiger charge is -2.08. The van der Waals surface area contributed by atoms with E-state index in [-0.39, 0.29) is 30.4 Å². The fraction of sp³-hybridized carbons (Fsp3) is 0.167. The third-order valence-corrected chi connectivity index (χ3v) is 4.89. The van der Waals surface area contributed by atoms with E-state index in [9.17, 15) is 27.6 Å². The third-order valence-electron chi connectivity index (χ3n) is 4.56. The summed E-state index contributed by atoms with van der Waals surface area (Å²) < 4.78 is 49.2. The van der Waals surface area contributed by atoms with Crippen molar-refractivity contribution >= 4 is 47.0 Å². The lowest BCUT2D eigenvalue weighted by atomic mass is 10.2. The zero-order chi connectivity index (χ0) is 26.3. The lowest BCUT2D eigenvalue weighted by Crippen LogP contribution is -2.34. The standard InChI is InChI=1S/C24H19ClF3N3O5/c1-2-35-23(34)14-3-5-15(6-4-14)31-22(33)21(32)30-13-18-9-8-17(36-18)12-29-16-7-10-20(25)19(11-16)24(26,27)28/h3-12H,2,13H2,1H3,(H,30,32)(H,31,33). The van der Waals surface area contributed by atoms with Crippen molar-refractivity contribution in [3.63, 3.8) is 0 Å². The first-order chi connectivity index (χ1) is 17.1. The van der Waals surface area contributed by atoms with E-state index in [0.29, 0.717) is 11.3 Å². The van der Waals surface area contributed by atoms with Crippen molar-refractivity contribution in [1.29, 1.82) is 0 Å². The number of hydrogen-bond acceptors (Lipinski definition) is 6. The van der Waals surface area contributed by atoms with Gasteiger partial charge in [-0.05, 0) is 61.5 Å². The first-order valence-corrected chi connectivity index (χ1v) is 10.8. The highest BCUT2D eigenvalue weighted by Crippen LogP contribution is 2.36. The van der Waals surface area contributed by atoms with Gasteiger partial charge in [0.05, 0.1) is 41.2 Å². The summed E-state index contributed by atoms with van der Waals surface area (Å²) in [6.07, 6.45) is -3.40. The number of benzene rings is 2. The van der Waals surface area contributed by atoms with Crippen molar-refractivity contribution in [3.05, 3.63) is 82.3 Å². The van der Waals surface area contributed by atoms with E-state index in [1.807, 2.05) is 0 Å². The molecule has 0 atom stereocenters. The number of rotatable bonds is 7. The summed E-state index contributed by atoms with van der Waals surface area (Å²) in [5.41, 5.74) is -0.385. The monoisotopic (exact) mass is 521 g/mol. The Morgan fingerprint density at radius 2 is 1.78 bits per heavy atom. The average Bonchev–Trinajstić information content (AvgIpc) is 3.29. The molecule has 0 unspecified atom stereocenters. The minimum atomic E-state index is -4.61. The van der Waals surface area contributed by atoms with E-state index in [1.165, 1.54) is 48.7 Å². The molecule has 1 aromatic heterocycles. The molecule has 0 aliphatic carbocycles. The Hall–Kier alpha value is -4.12. The molecule has 0 saturated carbocycles. The molecule has 1 heterocycles. The number of carbonyl (C=O) groups excluding carboxylic acids is 3. The first kappa shape index (κ1) is 26.5. The summed E-state index contributed by atoms with van der Waals surface area (Å²) in [7, 11) is 0. The van der Waals surface area contributed by atoms with Gasteiger partial charge in [-0.25, -0.2) is 4.79 Å². The summed E-state index contributed by atoms with van der Waals surface area (Å²) >= 11 is 5.59. The number of esters is 1. The topological polar surface area (TPSA) is 110 Å². The smallest absolute Gasteiger partial charge is 0.417 e. The summed E-state index contributed by atoms with van der Waals surface area (Å²) in [5, 5.41) is 4.34. The summed E-state index contributed by atoms with van der Waals surface area (Å²) in [4.78, 5) is 39.7. The number of hydrogen-bond donors (Lipinski definition) is 2. The average molecular weight is 522 g/mol. The number of furan rings is 1. The van der Waals surface area contributed by atoms with Crippen molar-refractivity contribution in [1.82, 2.24) is 5.32 Å². The van der Waals surface area contributed by atoms with Gasteiger partial charge in [-0.2, -0.15) is 13.2 Å². The number of amides is 2. The van der Waals surface area contributed by atoms with Gasteiger partial charge < -0.3 is 19.8 Å². The summed E-state index contributed by atoms with van der Waals surface area (Å²) in [6, 6.07) is 12.0. The Kier molecular flexibility index (Phi) is 8.49. The summed E-state index contributed by atoms with van der Waals surface area (Å²) in [6.45, 7) is 1.79. The van der Waals surface area contributed by atoms with Crippen molar-refractivity contribution in [2.75, 3.05) is 11.9 Å². The van der Waals surface area contributed by atoms with Crippen LogP contribution in [0.1, 0.15) is 34.4 Å². The molecule has 2 amide bonds. The Labute approximate surface area is 208 Å². The van der Waals surface area contributed by atoms with Crippen molar-refractivity contribution in [2.45, 2.75) is 19.6 Å². The van der Waals surface area contributed by atoms with Crippen LogP contribution in [0.5, 0.6) is 0 Å². The molecule has 3 aromatic rings. The van der Waals surface area contributed by atoms with Crippen LogP contribution in [0.3, 0.4) is 0 Å². The predicted molar refractivity (Wildman–Crippen MR) is 125 cm³/mol. The van der Waals surface area contributed by atoms with Gasteiger partial charge in [0.1, 0.15) is 11.5 Å². The largest absolute Gasteiger partial charge is 0.462 e. The van der Waals surface area contributed by atoms with Crippen LogP contribution in [-0.4, -0.2) is 30.6 Å². The Bertz CT molecular complexity index is 1290. The number of aliphatic imine (C=N–C) groups is 1. The van der Waals surface area contributed by atoms with E-state index in [2.05, 4.69) is 15.6 Å². The van der Waals surface area contributed by atoms with Gasteiger partial charge in [0.25, 0.3) is 0 Å². The van der Waals surface area contributed by atoms with E-state index < -0.39 is 34.5 Å². The number of nitrogens with one attached hydrogen (secondary N) is 2. The van der Waals surface area contributed by atoms with Gasteiger partial charge in [0, 0.05) is 5.69 Å². The molecule has 2 N–H and O–H groups in total. The SMILES string of the molecule is CCOC(=O)c1ccc(NC(=O)C(=O)NCc2ccc(C=Nc3ccc(Cl)c(C(F)(F)F)c3)o2)cc1. The maximum atomic E-state index is 13.0. The van der Waals surface area contributed by atoms with Crippen molar-refractivity contribution < 1.29 is 36.7 Å². The second-order valence-electron chi connectivity index (χ2n) is 7.16. The van der Waals surface area contributed by atoms with E-state index in [4.69, 9.17) is 20.8 Å². The van der Waals surface area contributed by atoms with E-state index >= 15 is 0 Å². The number of ether oxygens (including phenoxy) is 1. The molecular formula is C24H19ClF3N3O5. The van der Waals surface area contributed by atoms with E-state index in [1.54, 1.807) is 6.92 Å². The number of halogens is 4. The second kappa shape index (κ2) is 11.5. The zero-order valence-electron chi connectivity index (χ0n) is 18.7. The Morgan fingerprint density at radius 1 is 1.06 bits per heavy atom. The third kappa shape index (κ3) is 7.19. The van der Waals surface area contributed by atoms with Crippen molar-refractivity contribution in [2.24, 2.45) is 4.99 Å². The zero-order valence-corrected chi connectivity index (χ0v) is 19.4. The molecule has 0 saturated heterocycles. The van der Waals surface area contributed by atoms with Crippen LogP contribution < -0.4 is 10.6 Å². The fourth-order valence-electron chi connectivity index (χ4n) is 2.85. The number of nitrogens with zero attached hydrogens (tertiary/aromatic N) is 1. The first-order valence-electron chi connectivity index (χ1n) is 10.4. The molecule has 0 radical (unpaired) electrons. The predicted octanol–water partition coefficient (Wildman–Crippen LogP) is 5.13. The summed E-state index contributed by atoms with van der Waals surface area (Å²) in [5.74, 6) is -1.88. The van der Waals surface area contributed by atoms with Gasteiger partial charge in [0.2, 0.25) is 0 Å². The van der Waals surface area contributed by atoms with Crippen LogP contribution >= 0.6 is 11.6 Å². The number of anilines is 1. The molecule has 36 heavy (non-hydrogen) atoms. The molecule has 0 aliphatic rings. The molecule has 12 heteroatoms. The maximum Gasteiger partial charge on any atom is 0.417 e. The number of carbonyl (C=O) groups is 3. The minimum Gasteiger partial charge on any atom is -0.462 e. The van der Waals surface area contributed by atoms with Crippen LogP contribution in [-0.2, 0) is 27.0 Å². The molecular weight excluding hydrogens is 503 g/mol. The van der Waals surface area contributed by atoms with Crippen LogP contribution in [0, 0.1) is 0 Å². The molecule has 0 aliphatic heterocycles. The van der Waals surface area contributed by atoms with Gasteiger partial charge in [0.15, 0.2) is 0 Å². The van der Waals surface area contributed by atoms with Crippen LogP contribution in [0.25, 0.3) is 0 Å². The number of alkyl halides is 3. The second-order valence-corrected chi connectivity index (χ2v) is 7.57. The van der Waals surface area contributed by atoms with Gasteiger partial charge in [-0.15, -0.1) is 0 Å². The van der Waals surface area contributed by atoms with Crippen molar-refractivity contribution in [3.8, 4) is 0 Å². The molecule has 0 fully saturated rings. The highest BCUT2D eigenvalue weighted by molar-refractivity contribution is 6.39. The highest BCUT2D eigenvalue weighted by atomic mass is 35.5. The molecule has 0 spiro atoms. The Balaban J connectivity index is 1.53. The fourth-order valence-corrected chi connectivity index (χ4v) is 3.07. The normalized spacial score (nSPS) is 11.4. The molecule has 3 rings (SSSR count). The lowest BCUT2D eigenvalue weighted by molar-refractivity contribution is -0.137. The van der Waals surface area contributed by atoms with Crippen LogP contribution in [0.2, 0.25) is 5.02 Å². The maximum absolute atomic E-state index is 13.0. The molecule has 8 nitrogen and oxygen atoms in total. The van der Waals surface area contributed by atoms with Crippen LogP contribution in [0.15, 0.2) is 64.0 Å². The Morgan fingerprint density at radius 3 is 2.44 bits per heavy atom. The highest BCUT2D eigenvalue weighted by Gasteiger charge is 2.33. The van der Waals surface area contributed by atoms with E-state index in [0.717, 1.165) is 12.1 Å². The minimum absolute atomic E-state index is 0.0185. The quantitative estimate of drug-likeness (QED) is 0.254. The van der Waals surface area contributed by atoms with Gasteiger partial charge >= 0.3 is 24.0 Å². The van der Waals surface area contributed by atoms with Crippen LogP contribution in [0.4, 0.5) is 24.5 Å². The van der Waals surface area contributed by atoms with Gasteiger partial charge in [-0.1, -0.05) is 11.6 Å². The van der Waals surface area contributed by atoms with Gasteiger partial charge in [-0.3, -0.25) is 14.6 Å². The molecule has 2 aromatic carbocycles. The molecule has 188 valence electrons.